The molecule has 6 nitrogen and oxygen atoms in total. The smallest absolute Gasteiger partial charge is 0.306 e. The molecular weight excluding hydrogens is 853 g/mol. The molecule has 0 spiro atoms. The van der Waals surface area contributed by atoms with Gasteiger partial charge in [0, 0.05) is 19.3 Å². The van der Waals surface area contributed by atoms with Gasteiger partial charge in [0.25, 0.3) is 0 Å². The summed E-state index contributed by atoms with van der Waals surface area (Å²) < 4.78 is 16.8. The van der Waals surface area contributed by atoms with Crippen molar-refractivity contribution in [2.75, 3.05) is 13.2 Å². The van der Waals surface area contributed by atoms with E-state index in [1.807, 2.05) is 6.08 Å². The lowest BCUT2D eigenvalue weighted by Crippen LogP contribution is -2.30. The average molecular weight is 964 g/mol. The third-order valence-electron chi connectivity index (χ3n) is 12.7. The number of allylic oxidation sites excluding steroid dienone is 12. The number of rotatable bonds is 53. The van der Waals surface area contributed by atoms with Crippen molar-refractivity contribution in [3.05, 3.63) is 72.9 Å². The van der Waals surface area contributed by atoms with Gasteiger partial charge in [-0.05, 0) is 77.0 Å². The number of hydrogen-bond acceptors (Lipinski definition) is 6. The predicted octanol–water partition coefficient (Wildman–Crippen LogP) is 19.8. The van der Waals surface area contributed by atoms with Gasteiger partial charge in [0.1, 0.15) is 13.2 Å². The molecule has 0 aliphatic carbocycles. The van der Waals surface area contributed by atoms with E-state index in [0.29, 0.717) is 19.3 Å². The molecule has 0 amide bonds. The summed E-state index contributed by atoms with van der Waals surface area (Å²) in [6.45, 7) is 6.47. The first-order valence-corrected chi connectivity index (χ1v) is 29.4. The van der Waals surface area contributed by atoms with Crippen LogP contribution in [-0.2, 0) is 28.6 Å². The lowest BCUT2D eigenvalue weighted by atomic mass is 10.0. The van der Waals surface area contributed by atoms with E-state index in [-0.39, 0.29) is 37.5 Å². The van der Waals surface area contributed by atoms with Crippen LogP contribution in [0.1, 0.15) is 290 Å². The number of unbranched alkanes of at least 4 members (excludes halogenated alkanes) is 30. The lowest BCUT2D eigenvalue weighted by molar-refractivity contribution is -0.166. The van der Waals surface area contributed by atoms with Crippen molar-refractivity contribution >= 4 is 17.9 Å². The second-order valence-electron chi connectivity index (χ2n) is 19.5. The molecule has 398 valence electrons. The highest BCUT2D eigenvalue weighted by atomic mass is 16.6. The molecular formula is C63H110O6. The van der Waals surface area contributed by atoms with E-state index in [1.54, 1.807) is 0 Å². The van der Waals surface area contributed by atoms with Crippen LogP contribution in [0.4, 0.5) is 0 Å². The molecule has 0 radical (unpaired) electrons. The molecule has 69 heavy (non-hydrogen) atoms. The van der Waals surface area contributed by atoms with Crippen molar-refractivity contribution in [2.24, 2.45) is 0 Å². The highest BCUT2D eigenvalue weighted by Crippen LogP contribution is 2.16. The minimum absolute atomic E-state index is 0.101. The SMILES string of the molecule is CC/C=C\C/C=C\C/C=C\C/C=C\CCC(=O)OC(COC(=O)CCCCCCCCCCCCCCC)COC(=O)CCCCCCCCCCCCCCC/C=C\C/C=C\CCCCCCC. The van der Waals surface area contributed by atoms with E-state index in [4.69, 9.17) is 14.2 Å². The number of esters is 3. The summed E-state index contributed by atoms with van der Waals surface area (Å²) in [5, 5.41) is 0. The minimum Gasteiger partial charge on any atom is -0.462 e. The average Bonchev–Trinajstić information content (AvgIpc) is 3.35. The fourth-order valence-electron chi connectivity index (χ4n) is 8.31. The molecule has 0 heterocycles. The van der Waals surface area contributed by atoms with Crippen molar-refractivity contribution in [1.82, 2.24) is 0 Å². The first kappa shape index (κ1) is 65.8. The van der Waals surface area contributed by atoms with Crippen LogP contribution in [0.15, 0.2) is 72.9 Å². The molecule has 0 N–H and O–H groups in total. The molecule has 0 saturated heterocycles. The van der Waals surface area contributed by atoms with Gasteiger partial charge in [0.15, 0.2) is 6.10 Å². The summed E-state index contributed by atoms with van der Waals surface area (Å²) in [4.78, 5) is 38.1. The standard InChI is InChI=1S/C63H110O6/c1-4-7-10-13-16-19-22-25-26-27-28-29-30-31-32-33-34-35-36-39-41-44-47-50-53-56-62(65)68-59-60(69-63(66)57-54-51-48-45-42-38-24-21-18-15-12-9-6-3)58-67-61(64)55-52-49-46-43-40-37-23-20-17-14-11-8-5-2/h9,12,18,21-22,25,27-28,38,42,48,51,60H,4-8,10-11,13-17,19-20,23-24,26,29-37,39-41,43-47,49-50,52-59H2,1-3H3/b12-9-,21-18-,25-22-,28-27-,42-38-,51-48-. The van der Waals surface area contributed by atoms with Crippen LogP contribution in [0, 0.1) is 0 Å². The summed E-state index contributed by atoms with van der Waals surface area (Å²) in [5.41, 5.74) is 0. The quantitative estimate of drug-likeness (QED) is 0.0262. The van der Waals surface area contributed by atoms with Gasteiger partial charge < -0.3 is 14.2 Å². The van der Waals surface area contributed by atoms with Gasteiger partial charge >= 0.3 is 17.9 Å². The summed E-state index contributed by atoms with van der Waals surface area (Å²) in [7, 11) is 0. The normalized spacial score (nSPS) is 12.6. The Morgan fingerprint density at radius 2 is 0.594 bits per heavy atom. The van der Waals surface area contributed by atoms with Crippen molar-refractivity contribution in [3.63, 3.8) is 0 Å². The van der Waals surface area contributed by atoms with Gasteiger partial charge in [-0.3, -0.25) is 14.4 Å². The maximum atomic E-state index is 12.8. The molecule has 0 aromatic rings. The maximum Gasteiger partial charge on any atom is 0.306 e. The number of carbonyl (C=O) groups is 3. The molecule has 0 aromatic carbocycles. The van der Waals surface area contributed by atoms with E-state index in [9.17, 15) is 14.4 Å². The molecule has 0 fully saturated rings. The largest absolute Gasteiger partial charge is 0.462 e. The summed E-state index contributed by atoms with van der Waals surface area (Å²) in [6, 6.07) is 0. The third kappa shape index (κ3) is 55.6. The van der Waals surface area contributed by atoms with Crippen molar-refractivity contribution < 1.29 is 28.6 Å². The van der Waals surface area contributed by atoms with Crippen molar-refractivity contribution in [2.45, 2.75) is 297 Å². The Balaban J connectivity index is 4.28. The summed E-state index contributed by atoms with van der Waals surface area (Å²) >= 11 is 0. The fourth-order valence-corrected chi connectivity index (χ4v) is 8.31. The molecule has 0 rings (SSSR count). The van der Waals surface area contributed by atoms with Gasteiger partial charge in [0.2, 0.25) is 0 Å². The fraction of sp³-hybridized carbons (Fsp3) is 0.762. The van der Waals surface area contributed by atoms with Gasteiger partial charge in [-0.25, -0.2) is 0 Å². The molecule has 0 aromatic heterocycles. The molecule has 0 aliphatic heterocycles. The van der Waals surface area contributed by atoms with Crippen LogP contribution in [0.5, 0.6) is 0 Å². The van der Waals surface area contributed by atoms with Crippen LogP contribution in [0.3, 0.4) is 0 Å². The zero-order chi connectivity index (χ0) is 50.0. The van der Waals surface area contributed by atoms with Gasteiger partial charge in [-0.15, -0.1) is 0 Å². The Hall–Kier alpha value is -3.15. The molecule has 1 atom stereocenters. The highest BCUT2D eigenvalue weighted by molar-refractivity contribution is 5.71. The first-order chi connectivity index (χ1) is 34.0. The van der Waals surface area contributed by atoms with E-state index in [2.05, 4.69) is 87.6 Å². The first-order valence-electron chi connectivity index (χ1n) is 29.4. The molecule has 1 unspecified atom stereocenters. The van der Waals surface area contributed by atoms with Crippen LogP contribution in [0.25, 0.3) is 0 Å². The molecule has 0 saturated carbocycles. The van der Waals surface area contributed by atoms with Crippen LogP contribution in [0.2, 0.25) is 0 Å². The second-order valence-corrected chi connectivity index (χ2v) is 19.5. The Bertz CT molecular complexity index is 1290. The van der Waals surface area contributed by atoms with Gasteiger partial charge in [-0.1, -0.05) is 267 Å². The maximum absolute atomic E-state index is 12.8. The number of ether oxygens (including phenoxy) is 3. The van der Waals surface area contributed by atoms with Gasteiger partial charge in [0.05, 0.1) is 0 Å². The van der Waals surface area contributed by atoms with Crippen LogP contribution >= 0.6 is 0 Å². The Kier molecular flexibility index (Phi) is 54.8. The summed E-state index contributed by atoms with van der Waals surface area (Å²) in [5.74, 6) is -0.975. The third-order valence-corrected chi connectivity index (χ3v) is 12.7. The minimum atomic E-state index is -0.811. The van der Waals surface area contributed by atoms with E-state index >= 15 is 0 Å². The van der Waals surface area contributed by atoms with E-state index < -0.39 is 6.10 Å². The Morgan fingerprint density at radius 3 is 0.942 bits per heavy atom. The topological polar surface area (TPSA) is 78.9 Å². The number of carbonyl (C=O) groups excluding carboxylic acids is 3. The highest BCUT2D eigenvalue weighted by Gasteiger charge is 2.19. The zero-order valence-corrected chi connectivity index (χ0v) is 45.6. The Morgan fingerprint density at radius 1 is 0.304 bits per heavy atom. The monoisotopic (exact) mass is 963 g/mol. The number of hydrogen-bond donors (Lipinski definition) is 0. The Labute approximate surface area is 427 Å². The summed E-state index contributed by atoms with van der Waals surface area (Å²) in [6.07, 6.45) is 73.5. The molecule has 0 aliphatic rings. The van der Waals surface area contributed by atoms with Crippen molar-refractivity contribution in [1.29, 1.82) is 0 Å². The van der Waals surface area contributed by atoms with Crippen molar-refractivity contribution in [3.8, 4) is 0 Å². The van der Waals surface area contributed by atoms with Gasteiger partial charge in [-0.2, -0.15) is 0 Å². The van der Waals surface area contributed by atoms with E-state index in [0.717, 1.165) is 70.6 Å². The molecule has 0 bridgehead atoms. The zero-order valence-electron chi connectivity index (χ0n) is 45.6. The molecule has 6 heteroatoms. The van der Waals surface area contributed by atoms with E-state index in [1.165, 1.54) is 173 Å². The van der Waals surface area contributed by atoms with Crippen LogP contribution < -0.4 is 0 Å². The lowest BCUT2D eigenvalue weighted by Gasteiger charge is -2.18. The predicted molar refractivity (Wildman–Crippen MR) is 298 cm³/mol. The second kappa shape index (κ2) is 57.4. The van der Waals surface area contributed by atoms with Crippen LogP contribution in [-0.4, -0.2) is 37.2 Å².